The molecule has 1 aromatic carbocycles. The molecule has 0 spiro atoms. The zero-order valence-electron chi connectivity index (χ0n) is 10.3. The SMILES string of the molecule is CC(C)(CCO)NS(=O)(=O)c1c(N)cccc1F. The van der Waals surface area contributed by atoms with Gasteiger partial charge in [-0.2, -0.15) is 0 Å². The van der Waals surface area contributed by atoms with Gasteiger partial charge in [-0.05, 0) is 32.4 Å². The molecule has 0 saturated carbocycles. The smallest absolute Gasteiger partial charge is 0.246 e. The summed E-state index contributed by atoms with van der Waals surface area (Å²) in [6.07, 6.45) is 0.209. The monoisotopic (exact) mass is 276 g/mol. The Hall–Kier alpha value is -1.18. The van der Waals surface area contributed by atoms with Crippen molar-refractivity contribution in [3.8, 4) is 0 Å². The standard InChI is InChI=1S/C11H17FN2O3S/c1-11(2,6-7-15)14-18(16,17)10-8(12)4-3-5-9(10)13/h3-5,14-15H,6-7,13H2,1-2H3. The second-order valence-electron chi connectivity index (χ2n) is 4.62. The molecule has 1 aromatic rings. The van der Waals surface area contributed by atoms with Crippen molar-refractivity contribution >= 4 is 15.7 Å². The maximum Gasteiger partial charge on any atom is 0.246 e. The molecule has 0 unspecified atom stereocenters. The van der Waals surface area contributed by atoms with Crippen molar-refractivity contribution in [2.45, 2.75) is 30.7 Å². The van der Waals surface area contributed by atoms with Crippen LogP contribution in [0.4, 0.5) is 10.1 Å². The summed E-state index contributed by atoms with van der Waals surface area (Å²) in [5, 5.41) is 8.84. The van der Waals surface area contributed by atoms with Crippen molar-refractivity contribution in [2.75, 3.05) is 12.3 Å². The highest BCUT2D eigenvalue weighted by molar-refractivity contribution is 7.89. The molecule has 0 heterocycles. The molecule has 0 aromatic heterocycles. The van der Waals surface area contributed by atoms with E-state index in [1.165, 1.54) is 12.1 Å². The summed E-state index contributed by atoms with van der Waals surface area (Å²) < 4.78 is 40.0. The Balaban J connectivity index is 3.15. The molecule has 0 saturated heterocycles. The van der Waals surface area contributed by atoms with Gasteiger partial charge in [-0.25, -0.2) is 17.5 Å². The molecule has 0 fully saturated rings. The fourth-order valence-corrected chi connectivity index (χ4v) is 3.19. The van der Waals surface area contributed by atoms with E-state index in [0.29, 0.717) is 0 Å². The molecule has 0 aliphatic rings. The molecule has 7 heteroatoms. The molecule has 18 heavy (non-hydrogen) atoms. The van der Waals surface area contributed by atoms with Gasteiger partial charge in [0.05, 0.1) is 5.69 Å². The van der Waals surface area contributed by atoms with Gasteiger partial charge in [0, 0.05) is 12.1 Å². The van der Waals surface area contributed by atoms with Gasteiger partial charge in [-0.1, -0.05) is 6.07 Å². The van der Waals surface area contributed by atoms with Crippen molar-refractivity contribution in [1.29, 1.82) is 0 Å². The zero-order valence-corrected chi connectivity index (χ0v) is 11.1. The minimum Gasteiger partial charge on any atom is -0.398 e. The van der Waals surface area contributed by atoms with Gasteiger partial charge in [0.25, 0.3) is 0 Å². The lowest BCUT2D eigenvalue weighted by atomic mass is 10.0. The molecule has 0 bridgehead atoms. The Bertz CT molecular complexity index is 509. The summed E-state index contributed by atoms with van der Waals surface area (Å²) in [5.74, 6) is -0.901. The lowest BCUT2D eigenvalue weighted by Crippen LogP contribution is -2.44. The normalized spacial score (nSPS) is 12.7. The summed E-state index contributed by atoms with van der Waals surface area (Å²) in [5.41, 5.74) is 4.45. The molecule has 0 radical (unpaired) electrons. The van der Waals surface area contributed by atoms with E-state index in [-0.39, 0.29) is 18.7 Å². The largest absolute Gasteiger partial charge is 0.398 e. The predicted molar refractivity (Wildman–Crippen MR) is 66.9 cm³/mol. The number of aliphatic hydroxyl groups is 1. The van der Waals surface area contributed by atoms with Crippen molar-refractivity contribution in [1.82, 2.24) is 4.72 Å². The number of rotatable bonds is 5. The van der Waals surface area contributed by atoms with Crippen LogP contribution in [-0.2, 0) is 10.0 Å². The van der Waals surface area contributed by atoms with E-state index in [2.05, 4.69) is 4.72 Å². The number of nitrogens with one attached hydrogen (secondary N) is 1. The first-order valence-electron chi connectivity index (χ1n) is 5.38. The van der Waals surface area contributed by atoms with Crippen LogP contribution in [0.15, 0.2) is 23.1 Å². The van der Waals surface area contributed by atoms with E-state index >= 15 is 0 Å². The van der Waals surface area contributed by atoms with Crippen molar-refractivity contribution in [3.63, 3.8) is 0 Å². The van der Waals surface area contributed by atoms with Crippen molar-refractivity contribution in [3.05, 3.63) is 24.0 Å². The third-order valence-corrected chi connectivity index (χ3v) is 4.20. The van der Waals surface area contributed by atoms with Gasteiger partial charge in [0.1, 0.15) is 10.7 Å². The molecular weight excluding hydrogens is 259 g/mol. The first-order valence-corrected chi connectivity index (χ1v) is 6.87. The fraction of sp³-hybridized carbons (Fsp3) is 0.455. The Morgan fingerprint density at radius 2 is 2.06 bits per heavy atom. The Kier molecular flexibility index (Phi) is 4.31. The van der Waals surface area contributed by atoms with Gasteiger partial charge < -0.3 is 10.8 Å². The van der Waals surface area contributed by atoms with Gasteiger partial charge in [0.15, 0.2) is 0 Å². The highest BCUT2D eigenvalue weighted by atomic mass is 32.2. The molecule has 0 atom stereocenters. The summed E-state index contributed by atoms with van der Waals surface area (Å²) in [6, 6.07) is 3.68. The fourth-order valence-electron chi connectivity index (χ4n) is 1.55. The van der Waals surface area contributed by atoms with Gasteiger partial charge >= 0.3 is 0 Å². The lowest BCUT2D eigenvalue weighted by molar-refractivity contribution is 0.245. The minimum absolute atomic E-state index is 0.151. The van der Waals surface area contributed by atoms with Crippen LogP contribution in [0.5, 0.6) is 0 Å². The second-order valence-corrected chi connectivity index (χ2v) is 6.24. The highest BCUT2D eigenvalue weighted by Gasteiger charge is 2.29. The maximum atomic E-state index is 13.6. The Morgan fingerprint density at radius 1 is 1.44 bits per heavy atom. The number of hydrogen-bond acceptors (Lipinski definition) is 4. The molecule has 0 aliphatic carbocycles. The van der Waals surface area contributed by atoms with Crippen LogP contribution >= 0.6 is 0 Å². The summed E-state index contributed by atoms with van der Waals surface area (Å²) in [4.78, 5) is -0.559. The zero-order chi connectivity index (χ0) is 14.0. The van der Waals surface area contributed by atoms with Crippen LogP contribution in [-0.4, -0.2) is 25.7 Å². The number of aliphatic hydroxyl groups excluding tert-OH is 1. The van der Waals surface area contributed by atoms with Crippen LogP contribution in [0.2, 0.25) is 0 Å². The maximum absolute atomic E-state index is 13.6. The first kappa shape index (κ1) is 14.9. The number of halogens is 1. The van der Waals surface area contributed by atoms with E-state index in [9.17, 15) is 12.8 Å². The van der Waals surface area contributed by atoms with Crippen molar-refractivity contribution in [2.24, 2.45) is 0 Å². The van der Waals surface area contributed by atoms with Gasteiger partial charge in [-0.3, -0.25) is 0 Å². The minimum atomic E-state index is -4.06. The van der Waals surface area contributed by atoms with Crippen LogP contribution in [0.25, 0.3) is 0 Å². The summed E-state index contributed by atoms with van der Waals surface area (Å²) >= 11 is 0. The van der Waals surface area contributed by atoms with E-state index in [1.807, 2.05) is 0 Å². The summed E-state index contributed by atoms with van der Waals surface area (Å²) in [6.45, 7) is 3.01. The Labute approximate surface area is 106 Å². The molecule has 4 N–H and O–H groups in total. The first-order chi connectivity index (χ1) is 8.19. The number of nitrogen functional groups attached to an aromatic ring is 1. The highest BCUT2D eigenvalue weighted by Crippen LogP contribution is 2.23. The Morgan fingerprint density at radius 3 is 2.56 bits per heavy atom. The van der Waals surface area contributed by atoms with Crippen LogP contribution in [0.1, 0.15) is 20.3 Å². The third-order valence-electron chi connectivity index (χ3n) is 2.41. The van der Waals surface area contributed by atoms with Crippen molar-refractivity contribution < 1.29 is 17.9 Å². The van der Waals surface area contributed by atoms with E-state index in [1.54, 1.807) is 13.8 Å². The molecule has 0 aliphatic heterocycles. The number of anilines is 1. The van der Waals surface area contributed by atoms with E-state index in [4.69, 9.17) is 10.8 Å². The predicted octanol–water partition coefficient (Wildman–Crippen LogP) is 0.847. The number of nitrogens with two attached hydrogens (primary N) is 1. The molecular formula is C11H17FN2O3S. The average molecular weight is 276 g/mol. The van der Waals surface area contributed by atoms with Crippen LogP contribution in [0.3, 0.4) is 0 Å². The van der Waals surface area contributed by atoms with Gasteiger partial charge in [0.2, 0.25) is 10.0 Å². The molecule has 0 amide bonds. The third kappa shape index (κ3) is 3.41. The second kappa shape index (κ2) is 5.21. The van der Waals surface area contributed by atoms with Crippen LogP contribution in [0, 0.1) is 5.82 Å². The van der Waals surface area contributed by atoms with E-state index < -0.39 is 26.3 Å². The number of benzene rings is 1. The average Bonchev–Trinajstić information content (AvgIpc) is 2.13. The molecule has 1 rings (SSSR count). The topological polar surface area (TPSA) is 92.4 Å². The number of sulfonamides is 1. The quantitative estimate of drug-likeness (QED) is 0.695. The van der Waals surface area contributed by atoms with Gasteiger partial charge in [-0.15, -0.1) is 0 Å². The molecule has 5 nitrogen and oxygen atoms in total. The molecule has 102 valence electrons. The van der Waals surface area contributed by atoms with E-state index in [0.717, 1.165) is 6.07 Å². The number of hydrogen-bond donors (Lipinski definition) is 3. The lowest BCUT2D eigenvalue weighted by Gasteiger charge is -2.25. The van der Waals surface area contributed by atoms with Crippen LogP contribution < -0.4 is 10.5 Å². The summed E-state index contributed by atoms with van der Waals surface area (Å²) in [7, 11) is -4.06.